The fourth-order valence-electron chi connectivity index (χ4n) is 5.62. The molecule has 0 bridgehead atoms. The van der Waals surface area contributed by atoms with Crippen molar-refractivity contribution in [1.82, 2.24) is 15.2 Å². The first-order chi connectivity index (χ1) is 22.7. The smallest absolute Gasteiger partial charge is 0.345 e. The highest BCUT2D eigenvalue weighted by molar-refractivity contribution is 8.26. The molecule has 4 aliphatic rings. The molecule has 1 saturated heterocycles. The van der Waals surface area contributed by atoms with E-state index in [9.17, 15) is 33.6 Å². The van der Waals surface area contributed by atoms with Gasteiger partial charge in [-0.15, -0.1) is 0 Å². The molecule has 1 spiro atoms. The molecule has 1 N–H and O–H groups in total. The number of anilines is 1. The number of ether oxygens (including phenoxy) is 5. The topological polar surface area (TPSA) is 197 Å². The van der Waals surface area contributed by atoms with Crippen molar-refractivity contribution in [3.8, 4) is 5.75 Å². The number of rotatable bonds is 7. The number of nitrogens with one attached hydrogen (secondary N) is 1. The molecule has 4 amide bonds. The third-order valence-corrected chi connectivity index (χ3v) is 12.4. The van der Waals surface area contributed by atoms with E-state index in [0.717, 1.165) is 68.6 Å². The quantitative estimate of drug-likeness (QED) is 0.242. The van der Waals surface area contributed by atoms with E-state index in [1.165, 1.54) is 24.4 Å². The third kappa shape index (κ3) is 5.20. The van der Waals surface area contributed by atoms with Crippen LogP contribution in [-0.2, 0) is 47.7 Å². The molecule has 16 nitrogen and oxygen atoms in total. The van der Waals surface area contributed by atoms with Crippen LogP contribution in [-0.4, -0.2) is 110 Å². The van der Waals surface area contributed by atoms with E-state index in [2.05, 4.69) is 10.3 Å². The van der Waals surface area contributed by atoms with Gasteiger partial charge >= 0.3 is 29.9 Å². The van der Waals surface area contributed by atoms with E-state index in [4.69, 9.17) is 23.7 Å². The average molecular weight is 721 g/mol. The van der Waals surface area contributed by atoms with E-state index in [-0.39, 0.29) is 49.4 Å². The molecule has 0 radical (unpaired) electrons. The highest BCUT2D eigenvalue weighted by atomic mass is 32.2. The van der Waals surface area contributed by atoms with Crippen LogP contribution in [0.4, 0.5) is 10.5 Å². The first kappa shape index (κ1) is 34.8. The number of methoxy groups -OCH3 is 5. The van der Waals surface area contributed by atoms with Gasteiger partial charge in [0.05, 0.1) is 65.1 Å². The molecule has 4 aliphatic heterocycles. The largest absolute Gasteiger partial charge is 0.493 e. The lowest BCUT2D eigenvalue weighted by molar-refractivity contribution is -0.138. The Morgan fingerprint density at radius 2 is 1.42 bits per heavy atom. The number of esters is 4. The summed E-state index contributed by atoms with van der Waals surface area (Å²) in [5.74, 6) is -4.96. The Morgan fingerprint density at radius 1 is 0.854 bits per heavy atom. The maximum absolute atomic E-state index is 14.3. The number of hydrogen-bond acceptors (Lipinski definition) is 16. The standard InChI is InChI=1S/C29H28N4O12S3/c1-28(2)22-16(12-8-30-9-13(41-3)18(12)33(28)15(35)11-32-14(34)10-31-27(32)40)29(17(23(36)42-4)19(46-22)24(37)43-5)47-20(25(38)44-6)21(48-29)26(39)45-7/h8-9H,10-11H2,1-7H3,(H,31,40). The van der Waals surface area contributed by atoms with Crippen LogP contribution in [0.25, 0.3) is 5.57 Å². The van der Waals surface area contributed by atoms with Crippen molar-refractivity contribution in [3.63, 3.8) is 0 Å². The Kier molecular flexibility index (Phi) is 9.32. The summed E-state index contributed by atoms with van der Waals surface area (Å²) in [7, 11) is 5.79. The molecular weight excluding hydrogens is 693 g/mol. The fraction of sp³-hybridized carbons (Fsp3) is 0.379. The number of pyridine rings is 1. The second-order valence-corrected chi connectivity index (χ2v) is 14.3. The van der Waals surface area contributed by atoms with E-state index in [1.54, 1.807) is 13.8 Å². The summed E-state index contributed by atoms with van der Waals surface area (Å²) >= 11 is 2.33. The monoisotopic (exact) mass is 720 g/mol. The summed E-state index contributed by atoms with van der Waals surface area (Å²) in [6, 6.07) is -0.745. The van der Waals surface area contributed by atoms with Crippen LogP contribution < -0.4 is 15.0 Å². The number of carbonyl (C=O) groups is 7. The van der Waals surface area contributed by atoms with Crippen molar-refractivity contribution in [3.05, 3.63) is 43.2 Å². The molecule has 5 heterocycles. The molecule has 48 heavy (non-hydrogen) atoms. The molecule has 5 rings (SSSR count). The van der Waals surface area contributed by atoms with Crippen molar-refractivity contribution in [1.29, 1.82) is 0 Å². The van der Waals surface area contributed by atoms with Gasteiger partial charge in [0.15, 0.2) is 5.75 Å². The number of thioether (sulfide) groups is 3. The second-order valence-electron chi connectivity index (χ2n) is 10.6. The van der Waals surface area contributed by atoms with Crippen LogP contribution in [0.2, 0.25) is 0 Å². The molecule has 1 aromatic heterocycles. The minimum Gasteiger partial charge on any atom is -0.493 e. The zero-order valence-electron chi connectivity index (χ0n) is 26.5. The van der Waals surface area contributed by atoms with Crippen LogP contribution in [0.15, 0.2) is 37.6 Å². The summed E-state index contributed by atoms with van der Waals surface area (Å²) in [6.45, 7) is 2.37. The number of carbonyl (C=O) groups excluding carboxylic acids is 7. The van der Waals surface area contributed by atoms with Gasteiger partial charge in [-0.3, -0.25) is 24.4 Å². The highest BCUT2D eigenvalue weighted by Gasteiger charge is 2.62. The Labute approximate surface area is 285 Å². The molecule has 1 fully saturated rings. The van der Waals surface area contributed by atoms with Gasteiger partial charge in [0.25, 0.3) is 5.91 Å². The number of aromatic nitrogens is 1. The van der Waals surface area contributed by atoms with Crippen molar-refractivity contribution >= 4 is 88.3 Å². The number of amides is 4. The molecule has 0 saturated carbocycles. The molecular formula is C29H28N4O12S3. The Morgan fingerprint density at radius 3 is 1.92 bits per heavy atom. The van der Waals surface area contributed by atoms with Gasteiger partial charge in [0.1, 0.15) is 25.3 Å². The van der Waals surface area contributed by atoms with Crippen molar-refractivity contribution in [2.45, 2.75) is 23.5 Å². The lowest BCUT2D eigenvalue weighted by atomic mass is 9.84. The number of urea groups is 1. The summed E-state index contributed by atoms with van der Waals surface area (Å²) in [4.78, 5) is 98.8. The van der Waals surface area contributed by atoms with Crippen LogP contribution in [0.5, 0.6) is 5.75 Å². The van der Waals surface area contributed by atoms with Gasteiger partial charge in [-0.05, 0) is 13.8 Å². The van der Waals surface area contributed by atoms with E-state index < -0.39 is 57.9 Å². The van der Waals surface area contributed by atoms with Gasteiger partial charge in [-0.2, -0.15) is 0 Å². The average Bonchev–Trinajstić information content (AvgIpc) is 3.62. The lowest BCUT2D eigenvalue weighted by Crippen LogP contribution is -2.56. The maximum Gasteiger partial charge on any atom is 0.345 e. The van der Waals surface area contributed by atoms with Crippen LogP contribution in [0, 0.1) is 0 Å². The van der Waals surface area contributed by atoms with Crippen LogP contribution in [0.3, 0.4) is 0 Å². The first-order valence-electron chi connectivity index (χ1n) is 13.8. The fourth-order valence-corrected chi connectivity index (χ4v) is 10.7. The first-order valence-corrected chi connectivity index (χ1v) is 16.3. The summed E-state index contributed by atoms with van der Waals surface area (Å²) < 4.78 is 24.1. The van der Waals surface area contributed by atoms with Gasteiger partial charge in [0.2, 0.25) is 5.91 Å². The van der Waals surface area contributed by atoms with Gasteiger partial charge in [-0.1, -0.05) is 35.3 Å². The number of imide groups is 1. The summed E-state index contributed by atoms with van der Waals surface area (Å²) in [5, 5.41) is 2.38. The van der Waals surface area contributed by atoms with Crippen LogP contribution >= 0.6 is 35.3 Å². The minimum absolute atomic E-state index is 0.0996. The molecule has 19 heteroatoms. The van der Waals surface area contributed by atoms with Gasteiger partial charge in [-0.25, -0.2) is 24.0 Å². The Balaban J connectivity index is 1.86. The van der Waals surface area contributed by atoms with Gasteiger partial charge in [0, 0.05) is 22.2 Å². The normalized spacial score (nSPS) is 19.1. The van der Waals surface area contributed by atoms with E-state index in [0.29, 0.717) is 4.91 Å². The van der Waals surface area contributed by atoms with E-state index >= 15 is 0 Å². The second kappa shape index (κ2) is 12.8. The van der Waals surface area contributed by atoms with Crippen molar-refractivity contribution in [2.24, 2.45) is 0 Å². The number of hydrogen-bond donors (Lipinski definition) is 1. The Hall–Kier alpha value is -4.49. The minimum atomic E-state index is -1.83. The van der Waals surface area contributed by atoms with Gasteiger partial charge < -0.3 is 29.0 Å². The molecule has 254 valence electrons. The third-order valence-electron chi connectivity index (χ3n) is 7.71. The Bertz CT molecular complexity index is 1760. The van der Waals surface area contributed by atoms with E-state index in [1.807, 2.05) is 0 Å². The molecule has 0 aromatic carbocycles. The zero-order valence-corrected chi connectivity index (χ0v) is 29.0. The summed E-state index contributed by atoms with van der Waals surface area (Å²) in [5.41, 5.74) is -1.05. The van der Waals surface area contributed by atoms with Crippen molar-refractivity contribution in [2.75, 3.05) is 53.5 Å². The summed E-state index contributed by atoms with van der Waals surface area (Å²) in [6.07, 6.45) is 2.74. The zero-order chi connectivity index (χ0) is 35.3. The highest BCUT2D eigenvalue weighted by Crippen LogP contribution is 2.71. The molecule has 0 unspecified atom stereocenters. The van der Waals surface area contributed by atoms with Crippen LogP contribution in [0.1, 0.15) is 19.4 Å². The molecule has 0 aliphatic carbocycles. The molecule has 1 aromatic rings. The number of nitrogens with zero attached hydrogens (tertiary/aromatic N) is 3. The molecule has 0 atom stereocenters. The lowest BCUT2D eigenvalue weighted by Gasteiger charge is -2.50. The SMILES string of the molecule is COC(=O)C1=C(C(=O)OC)SC2(S1)C(C(=O)OC)=C(C(=O)OC)SC1=C2c2cncc(OC)c2N(C(=O)CN2C(=O)CNC2=O)C1(C)C. The number of fused-ring (bicyclic) bond motifs is 3. The predicted molar refractivity (Wildman–Crippen MR) is 172 cm³/mol. The predicted octanol–water partition coefficient (Wildman–Crippen LogP) is 1.56. The maximum atomic E-state index is 14.3. The van der Waals surface area contributed by atoms with Crippen molar-refractivity contribution < 1.29 is 57.2 Å².